The molecule has 3 aliphatic heterocycles. The molecule has 3 aliphatic rings. The first-order valence-corrected chi connectivity index (χ1v) is 21.6. The molecule has 0 radical (unpaired) electrons. The monoisotopic (exact) mass is 648 g/mol. The average Bonchev–Trinajstić information content (AvgIpc) is 3.43. The van der Waals surface area contributed by atoms with Crippen LogP contribution in [0.3, 0.4) is 0 Å². The van der Waals surface area contributed by atoms with Gasteiger partial charge in [-0.3, -0.25) is 9.69 Å². The number of likely N-dealkylation sites (tertiary alicyclic amines) is 1. The molecule has 0 saturated carbocycles. The molecule has 11 heteroatoms. The molecule has 1 N–H and O–H groups in total. The van der Waals surface area contributed by atoms with Gasteiger partial charge < -0.3 is 23.6 Å². The minimum atomic E-state index is -2.05. The Morgan fingerprint density at radius 1 is 1.11 bits per heavy atom. The zero-order valence-electron chi connectivity index (χ0n) is 29.1. The number of nitrogens with zero attached hydrogens (tertiary/aromatic N) is 2. The molecule has 0 aromatic heterocycles. The number of hydrogen-bond acceptors (Lipinski definition) is 6. The summed E-state index contributed by atoms with van der Waals surface area (Å²) in [6, 6.07) is -0.743. The van der Waals surface area contributed by atoms with Crippen LogP contribution < -0.4 is 0 Å². The summed E-state index contributed by atoms with van der Waals surface area (Å²) in [6.07, 6.45) is 4.96. The molecule has 0 aromatic carbocycles. The zero-order valence-corrected chi connectivity index (χ0v) is 31.2. The van der Waals surface area contributed by atoms with Crippen molar-refractivity contribution in [1.29, 1.82) is 0 Å². The van der Waals surface area contributed by atoms with Gasteiger partial charge in [-0.2, -0.15) is 0 Å². The number of fused-ring (bicyclic) bond motifs is 1. The summed E-state index contributed by atoms with van der Waals surface area (Å²) in [6.45, 7) is 29.5. The molecule has 2 saturated heterocycles. The fourth-order valence-corrected chi connectivity index (χ4v) is 9.03. The van der Waals surface area contributed by atoms with E-state index in [1.54, 1.807) is 11.0 Å². The van der Waals surface area contributed by atoms with E-state index in [9.17, 15) is 19.5 Å². The maximum absolute atomic E-state index is 13.7. The van der Waals surface area contributed by atoms with Crippen molar-refractivity contribution >= 4 is 35.3 Å². The summed E-state index contributed by atoms with van der Waals surface area (Å²) in [7, 11) is -3.57. The second kappa shape index (κ2) is 12.9. The lowest BCUT2D eigenvalue weighted by molar-refractivity contribution is -0.180. The number of aliphatic carboxylic acids is 1. The van der Waals surface area contributed by atoms with Crippen molar-refractivity contribution in [3.63, 3.8) is 0 Å². The van der Waals surface area contributed by atoms with Crippen LogP contribution in [-0.2, 0) is 23.2 Å². The van der Waals surface area contributed by atoms with Gasteiger partial charge >= 0.3 is 12.1 Å². The Labute approximate surface area is 267 Å². The van der Waals surface area contributed by atoms with E-state index in [0.29, 0.717) is 25.0 Å². The summed E-state index contributed by atoms with van der Waals surface area (Å²) in [4.78, 5) is 42.9. The fraction of sp³-hybridized carbons (Fsp3) is 0.727. The highest BCUT2D eigenvalue weighted by atomic mass is 28.4. The lowest BCUT2D eigenvalue weighted by Crippen LogP contribution is -2.70. The molecule has 9 nitrogen and oxygen atoms in total. The van der Waals surface area contributed by atoms with E-state index < -0.39 is 40.9 Å². The first-order chi connectivity index (χ1) is 20.1. The molecule has 248 valence electrons. The number of ether oxygens (including phenoxy) is 1. The summed E-state index contributed by atoms with van der Waals surface area (Å²) in [5, 5.41) is 10.3. The van der Waals surface area contributed by atoms with Crippen LogP contribution in [-0.4, -0.2) is 87.2 Å². The SMILES string of the molecule is C=CCOC(=O)N1C(/C=C(\C)C2=C(C(=O)O)N3C(=O)[C@H]([C@@](C)(O[SiH](C)C)C(C)(C)C)[C@H]3C2)CCC1CO[Si](C)(C)C(C)(C)C. The van der Waals surface area contributed by atoms with E-state index in [-0.39, 0.29) is 46.8 Å². The van der Waals surface area contributed by atoms with Gasteiger partial charge in [0.1, 0.15) is 12.3 Å². The van der Waals surface area contributed by atoms with Gasteiger partial charge in [0.2, 0.25) is 5.91 Å². The van der Waals surface area contributed by atoms with Crippen LogP contribution in [0.15, 0.2) is 35.6 Å². The topological polar surface area (TPSA) is 106 Å². The molecule has 2 amide bonds. The summed E-state index contributed by atoms with van der Waals surface area (Å²) >= 11 is 0. The normalized spacial score (nSPS) is 26.1. The summed E-state index contributed by atoms with van der Waals surface area (Å²) < 4.78 is 18.6. The molecular formula is C33H56N2O7Si2. The number of allylic oxidation sites excluding steroid dienone is 1. The van der Waals surface area contributed by atoms with Gasteiger partial charge in [0.15, 0.2) is 17.4 Å². The molecule has 3 rings (SSSR count). The van der Waals surface area contributed by atoms with Gasteiger partial charge in [-0.15, -0.1) is 0 Å². The second-order valence-corrected chi connectivity index (χ2v) is 22.7. The quantitative estimate of drug-likeness (QED) is 0.155. The molecule has 5 atom stereocenters. The fourth-order valence-electron chi connectivity index (χ4n) is 6.51. The van der Waals surface area contributed by atoms with E-state index in [1.807, 2.05) is 19.9 Å². The number of carbonyl (C=O) groups excluding carboxylic acids is 2. The van der Waals surface area contributed by atoms with Crippen LogP contribution in [0.1, 0.15) is 74.7 Å². The molecule has 0 spiro atoms. The number of carboxylic acids is 1. The minimum absolute atomic E-state index is 0.0350. The van der Waals surface area contributed by atoms with Gasteiger partial charge in [-0.25, -0.2) is 9.59 Å². The van der Waals surface area contributed by atoms with E-state index in [2.05, 4.69) is 74.3 Å². The molecule has 44 heavy (non-hydrogen) atoms. The van der Waals surface area contributed by atoms with E-state index >= 15 is 0 Å². The third kappa shape index (κ3) is 6.80. The van der Waals surface area contributed by atoms with Crippen LogP contribution in [0.25, 0.3) is 0 Å². The Morgan fingerprint density at radius 2 is 1.73 bits per heavy atom. The minimum Gasteiger partial charge on any atom is -0.477 e. The molecule has 0 bridgehead atoms. The second-order valence-electron chi connectivity index (χ2n) is 15.6. The third-order valence-corrected chi connectivity index (χ3v) is 15.8. The first kappa shape index (κ1) is 36.3. The summed E-state index contributed by atoms with van der Waals surface area (Å²) in [5.41, 5.74) is 0.385. The highest BCUT2D eigenvalue weighted by Crippen LogP contribution is 2.54. The Morgan fingerprint density at radius 3 is 2.23 bits per heavy atom. The number of amides is 2. The van der Waals surface area contributed by atoms with Crippen LogP contribution in [0.5, 0.6) is 0 Å². The van der Waals surface area contributed by atoms with Gasteiger partial charge in [-0.1, -0.05) is 60.3 Å². The molecule has 0 aliphatic carbocycles. The Hall–Kier alpha value is -2.22. The van der Waals surface area contributed by atoms with Crippen molar-refractivity contribution in [2.45, 2.75) is 130 Å². The predicted octanol–water partition coefficient (Wildman–Crippen LogP) is 6.48. The van der Waals surface area contributed by atoms with Crippen molar-refractivity contribution < 1.29 is 33.1 Å². The Bertz CT molecular complexity index is 1210. The molecule has 2 unspecified atom stereocenters. The van der Waals surface area contributed by atoms with E-state index in [1.165, 1.54) is 4.90 Å². The van der Waals surface area contributed by atoms with Crippen molar-refractivity contribution in [2.24, 2.45) is 11.3 Å². The molecule has 0 aromatic rings. The number of rotatable bonds is 11. The molecular weight excluding hydrogens is 593 g/mol. The van der Waals surface area contributed by atoms with E-state index in [4.69, 9.17) is 13.6 Å². The van der Waals surface area contributed by atoms with Crippen molar-refractivity contribution in [2.75, 3.05) is 13.2 Å². The van der Waals surface area contributed by atoms with Gasteiger partial charge in [-0.05, 0) is 80.9 Å². The maximum Gasteiger partial charge on any atom is 0.410 e. The number of hydrogen-bond donors (Lipinski definition) is 1. The average molecular weight is 649 g/mol. The van der Waals surface area contributed by atoms with Gasteiger partial charge in [0, 0.05) is 0 Å². The van der Waals surface area contributed by atoms with Crippen molar-refractivity contribution in [3.8, 4) is 0 Å². The van der Waals surface area contributed by atoms with Crippen LogP contribution in [0.4, 0.5) is 4.79 Å². The standard InChI is InChI=1S/C33H56N2O7Si2/c1-14-17-40-30(39)34-22(15-16-23(34)20-41-44(12,13)32(6,7)8)18-21(2)24-19-25-26(28(36)35(25)27(24)29(37)38)33(9,31(3,4)5)42-43(10)11/h14,18,22-23,25-26,43H,1,15-17,19-20H2,2-13H3,(H,37,38)/b21-18+/t22?,23?,25-,26-,33-/m1/s1. The number of β-lactam (4-membered cyclic amide) rings is 1. The highest BCUT2D eigenvalue weighted by Gasteiger charge is 2.64. The van der Waals surface area contributed by atoms with Crippen LogP contribution in [0, 0.1) is 11.3 Å². The van der Waals surface area contributed by atoms with Gasteiger partial charge in [0.05, 0.1) is 36.3 Å². The van der Waals surface area contributed by atoms with E-state index in [0.717, 1.165) is 12.0 Å². The third-order valence-electron chi connectivity index (χ3n) is 10.4. The van der Waals surface area contributed by atoms with Crippen molar-refractivity contribution in [1.82, 2.24) is 9.80 Å². The van der Waals surface area contributed by atoms with Crippen molar-refractivity contribution in [3.05, 3.63) is 35.6 Å². The van der Waals surface area contributed by atoms with Crippen LogP contribution >= 0.6 is 0 Å². The largest absolute Gasteiger partial charge is 0.477 e. The first-order valence-electron chi connectivity index (χ1n) is 15.9. The smallest absolute Gasteiger partial charge is 0.410 e. The van der Waals surface area contributed by atoms with Crippen LogP contribution in [0.2, 0.25) is 31.2 Å². The zero-order chi connectivity index (χ0) is 33.6. The Kier molecular flexibility index (Phi) is 10.6. The van der Waals surface area contributed by atoms with Gasteiger partial charge in [0.25, 0.3) is 0 Å². The lowest BCUT2D eigenvalue weighted by Gasteiger charge is -2.57. The number of carbonyl (C=O) groups is 3. The predicted molar refractivity (Wildman–Crippen MR) is 178 cm³/mol. The Balaban J connectivity index is 1.94. The number of carboxylic acid groups (broad SMARTS) is 1. The maximum atomic E-state index is 13.7. The molecule has 2 fully saturated rings. The molecule has 3 heterocycles. The lowest BCUT2D eigenvalue weighted by atomic mass is 9.63. The highest BCUT2D eigenvalue weighted by molar-refractivity contribution is 6.74. The summed E-state index contributed by atoms with van der Waals surface area (Å²) in [5.74, 6) is -1.75.